The van der Waals surface area contributed by atoms with Crippen molar-refractivity contribution in [3.63, 3.8) is 0 Å². The van der Waals surface area contributed by atoms with Gasteiger partial charge in [-0.1, -0.05) is 43.7 Å². The average Bonchev–Trinajstić information content (AvgIpc) is 2.25. The lowest BCUT2D eigenvalue weighted by atomic mass is 9.90. The fraction of sp³-hybridized carbons (Fsp3) is 0.500. The van der Waals surface area contributed by atoms with E-state index in [9.17, 15) is 0 Å². The number of rotatable bonds is 4. The second kappa shape index (κ2) is 5.56. The molecule has 0 fully saturated rings. The molecule has 1 aromatic carbocycles. The third kappa shape index (κ3) is 3.09. The highest BCUT2D eigenvalue weighted by molar-refractivity contribution is 5.26. The molecule has 0 aliphatic heterocycles. The minimum Gasteiger partial charge on any atom is -0.313 e. The molecule has 0 aliphatic carbocycles. The van der Waals surface area contributed by atoms with Crippen molar-refractivity contribution < 1.29 is 0 Å². The van der Waals surface area contributed by atoms with Gasteiger partial charge < -0.3 is 4.85 Å². The Labute approximate surface area is 93.0 Å². The maximum Gasteiger partial charge on any atom is 0.230 e. The first-order valence-corrected chi connectivity index (χ1v) is 5.62. The Morgan fingerprint density at radius 2 is 2.13 bits per heavy atom. The van der Waals surface area contributed by atoms with Crippen molar-refractivity contribution in [1.82, 2.24) is 0 Å². The lowest BCUT2D eigenvalue weighted by Gasteiger charge is -2.14. The van der Waals surface area contributed by atoms with Crippen molar-refractivity contribution in [3.05, 3.63) is 46.8 Å². The quantitative estimate of drug-likeness (QED) is 0.643. The van der Waals surface area contributed by atoms with Crippen LogP contribution in [0.3, 0.4) is 0 Å². The molecular weight excluding hydrogens is 182 g/mol. The van der Waals surface area contributed by atoms with Crippen LogP contribution in [-0.2, 0) is 0 Å². The minimum absolute atomic E-state index is 0.136. The number of hydrogen-bond acceptors (Lipinski definition) is 0. The van der Waals surface area contributed by atoms with E-state index in [0.717, 1.165) is 12.8 Å². The Bertz CT molecular complexity index is 349. The monoisotopic (exact) mass is 201 g/mol. The standard InChI is InChI=1S/C14H19N/c1-5-7-14(15-4)12(3)13-9-6-8-11(2)10-13/h6,8-10,12,14H,5,7H2,1-3H3. The fourth-order valence-corrected chi connectivity index (χ4v) is 1.90. The SMILES string of the molecule is [C-]#[N+]C(CCC)C(C)c1cccc(C)c1. The summed E-state index contributed by atoms with van der Waals surface area (Å²) in [5.74, 6) is 0.349. The van der Waals surface area contributed by atoms with E-state index >= 15 is 0 Å². The fourth-order valence-electron chi connectivity index (χ4n) is 1.90. The summed E-state index contributed by atoms with van der Waals surface area (Å²) in [6.45, 7) is 13.6. The second-order valence-corrected chi connectivity index (χ2v) is 4.19. The molecule has 2 atom stereocenters. The van der Waals surface area contributed by atoms with Gasteiger partial charge in [-0.15, -0.1) is 0 Å². The molecule has 1 nitrogen and oxygen atoms in total. The second-order valence-electron chi connectivity index (χ2n) is 4.19. The Kier molecular flexibility index (Phi) is 4.37. The van der Waals surface area contributed by atoms with E-state index in [1.807, 2.05) is 0 Å². The van der Waals surface area contributed by atoms with E-state index in [1.165, 1.54) is 11.1 Å². The number of aryl methyl sites for hydroxylation is 1. The van der Waals surface area contributed by atoms with Crippen molar-refractivity contribution in [2.75, 3.05) is 0 Å². The third-order valence-corrected chi connectivity index (χ3v) is 2.90. The summed E-state index contributed by atoms with van der Waals surface area (Å²) in [7, 11) is 0. The number of hydrogen-bond donors (Lipinski definition) is 0. The molecule has 0 spiro atoms. The predicted molar refractivity (Wildman–Crippen MR) is 64.9 cm³/mol. The van der Waals surface area contributed by atoms with Gasteiger partial charge in [0.2, 0.25) is 6.04 Å². The van der Waals surface area contributed by atoms with Crippen LogP contribution in [0.4, 0.5) is 0 Å². The largest absolute Gasteiger partial charge is 0.313 e. The van der Waals surface area contributed by atoms with Crippen LogP contribution >= 0.6 is 0 Å². The lowest BCUT2D eigenvalue weighted by molar-refractivity contribution is 0.583. The van der Waals surface area contributed by atoms with Gasteiger partial charge in [0.15, 0.2) is 0 Å². The summed E-state index contributed by atoms with van der Waals surface area (Å²) in [5, 5.41) is 0. The van der Waals surface area contributed by atoms with Crippen molar-refractivity contribution in [2.45, 2.75) is 45.6 Å². The van der Waals surface area contributed by atoms with Gasteiger partial charge in [0.25, 0.3) is 0 Å². The summed E-state index contributed by atoms with van der Waals surface area (Å²) in [6, 6.07) is 8.64. The van der Waals surface area contributed by atoms with Crippen LogP contribution in [-0.4, -0.2) is 6.04 Å². The van der Waals surface area contributed by atoms with Crippen LogP contribution in [0.15, 0.2) is 24.3 Å². The first kappa shape index (κ1) is 11.8. The van der Waals surface area contributed by atoms with Crippen molar-refractivity contribution in [3.8, 4) is 0 Å². The highest BCUT2D eigenvalue weighted by atomic mass is 14.7. The molecule has 0 saturated heterocycles. The molecule has 0 aliphatic rings. The minimum atomic E-state index is 0.136. The van der Waals surface area contributed by atoms with Gasteiger partial charge >= 0.3 is 0 Å². The average molecular weight is 201 g/mol. The highest BCUT2D eigenvalue weighted by Crippen LogP contribution is 2.25. The van der Waals surface area contributed by atoms with Gasteiger partial charge in [0, 0.05) is 6.42 Å². The van der Waals surface area contributed by atoms with Crippen molar-refractivity contribution in [2.24, 2.45) is 0 Å². The molecule has 80 valence electrons. The predicted octanol–water partition coefficient (Wildman–Crippen LogP) is 4.19. The van der Waals surface area contributed by atoms with E-state index < -0.39 is 0 Å². The van der Waals surface area contributed by atoms with E-state index in [1.54, 1.807) is 0 Å². The van der Waals surface area contributed by atoms with E-state index in [0.29, 0.717) is 5.92 Å². The molecule has 0 aromatic heterocycles. The number of nitrogens with zero attached hydrogens (tertiary/aromatic N) is 1. The van der Waals surface area contributed by atoms with Crippen LogP contribution in [0.25, 0.3) is 4.85 Å². The lowest BCUT2D eigenvalue weighted by Crippen LogP contribution is -2.12. The molecule has 0 N–H and O–H groups in total. The summed E-state index contributed by atoms with van der Waals surface area (Å²) < 4.78 is 0. The van der Waals surface area contributed by atoms with E-state index in [2.05, 4.69) is 49.9 Å². The molecule has 0 heterocycles. The maximum absolute atomic E-state index is 7.22. The van der Waals surface area contributed by atoms with Gasteiger partial charge in [-0.05, 0) is 18.9 Å². The van der Waals surface area contributed by atoms with Crippen molar-refractivity contribution in [1.29, 1.82) is 0 Å². The number of benzene rings is 1. The van der Waals surface area contributed by atoms with Crippen molar-refractivity contribution >= 4 is 0 Å². The smallest absolute Gasteiger partial charge is 0.230 e. The first-order chi connectivity index (χ1) is 7.19. The molecule has 1 rings (SSSR count). The Morgan fingerprint density at radius 1 is 1.40 bits per heavy atom. The van der Waals surface area contributed by atoms with Crippen LogP contribution < -0.4 is 0 Å². The van der Waals surface area contributed by atoms with Crippen LogP contribution in [0.2, 0.25) is 0 Å². The zero-order valence-corrected chi connectivity index (χ0v) is 9.83. The zero-order valence-electron chi connectivity index (χ0n) is 9.83. The van der Waals surface area contributed by atoms with Crippen LogP contribution in [0.1, 0.15) is 43.7 Å². The van der Waals surface area contributed by atoms with E-state index in [4.69, 9.17) is 6.57 Å². The Hall–Kier alpha value is -1.29. The Balaban J connectivity index is 2.83. The molecular formula is C14H19N. The molecule has 0 radical (unpaired) electrons. The first-order valence-electron chi connectivity index (χ1n) is 5.62. The molecule has 0 saturated carbocycles. The highest BCUT2D eigenvalue weighted by Gasteiger charge is 2.22. The van der Waals surface area contributed by atoms with Gasteiger partial charge in [-0.3, -0.25) is 0 Å². The third-order valence-electron chi connectivity index (χ3n) is 2.90. The zero-order chi connectivity index (χ0) is 11.3. The Morgan fingerprint density at radius 3 is 2.67 bits per heavy atom. The summed E-state index contributed by atoms with van der Waals surface area (Å²) in [6.07, 6.45) is 2.09. The summed E-state index contributed by atoms with van der Waals surface area (Å²) in [5.41, 5.74) is 2.57. The molecule has 2 unspecified atom stereocenters. The normalized spacial score (nSPS) is 14.3. The van der Waals surface area contributed by atoms with Gasteiger partial charge in [-0.25, -0.2) is 6.57 Å². The van der Waals surface area contributed by atoms with Gasteiger partial charge in [0.1, 0.15) is 0 Å². The molecule has 1 aromatic rings. The topological polar surface area (TPSA) is 4.36 Å². The molecule has 0 amide bonds. The van der Waals surface area contributed by atoms with Crippen LogP contribution in [0.5, 0.6) is 0 Å². The summed E-state index contributed by atoms with van der Waals surface area (Å²) in [4.78, 5) is 3.73. The van der Waals surface area contributed by atoms with Gasteiger partial charge in [-0.2, -0.15) is 0 Å². The molecule has 0 bridgehead atoms. The molecule has 15 heavy (non-hydrogen) atoms. The van der Waals surface area contributed by atoms with Crippen LogP contribution in [0, 0.1) is 13.5 Å². The maximum atomic E-state index is 7.22. The molecule has 1 heteroatoms. The summed E-state index contributed by atoms with van der Waals surface area (Å²) >= 11 is 0. The van der Waals surface area contributed by atoms with E-state index in [-0.39, 0.29) is 6.04 Å². The van der Waals surface area contributed by atoms with Gasteiger partial charge in [0.05, 0.1) is 5.92 Å².